The Morgan fingerprint density at radius 3 is 1.64 bits per heavy atom. The van der Waals surface area contributed by atoms with E-state index in [-0.39, 0.29) is 6.10 Å². The molecule has 66 valence electrons. The van der Waals surface area contributed by atoms with Crippen molar-refractivity contribution < 1.29 is 9.53 Å². The van der Waals surface area contributed by atoms with Gasteiger partial charge in [0.25, 0.3) is 0 Å². The normalized spacial score (nSPS) is 11.3. The summed E-state index contributed by atoms with van der Waals surface area (Å²) < 4.78 is 5.00. The summed E-state index contributed by atoms with van der Waals surface area (Å²) in [5, 5.41) is -0.489. The van der Waals surface area contributed by atoms with Gasteiger partial charge in [0.1, 0.15) is 6.10 Å². The van der Waals surface area contributed by atoms with Gasteiger partial charge in [-0.25, -0.2) is 4.79 Å². The van der Waals surface area contributed by atoms with Crippen molar-refractivity contribution in [2.75, 3.05) is 0 Å². The van der Waals surface area contributed by atoms with Crippen LogP contribution in [0.4, 0.5) is 4.79 Å². The van der Waals surface area contributed by atoms with Gasteiger partial charge < -0.3 is 4.74 Å². The van der Waals surface area contributed by atoms with E-state index in [1.165, 1.54) is 0 Å². The van der Waals surface area contributed by atoms with Crippen LogP contribution in [0.25, 0.3) is 0 Å². The van der Waals surface area contributed by atoms with Gasteiger partial charge in [0.15, 0.2) is 0 Å². The van der Waals surface area contributed by atoms with Gasteiger partial charge in [-0.1, -0.05) is 40.3 Å². The molecular formula is C8H16O2S. The zero-order chi connectivity index (χ0) is 9.02. The van der Waals surface area contributed by atoms with Crippen molar-refractivity contribution in [2.24, 2.45) is 11.8 Å². The van der Waals surface area contributed by atoms with Crippen LogP contribution in [0, 0.1) is 11.8 Å². The molecule has 0 rings (SSSR count). The van der Waals surface area contributed by atoms with Crippen LogP contribution in [0.2, 0.25) is 0 Å². The highest BCUT2D eigenvalue weighted by molar-refractivity contribution is 7.96. The van der Waals surface area contributed by atoms with Gasteiger partial charge in [-0.15, -0.1) is 0 Å². The molecule has 0 fully saturated rings. The first-order chi connectivity index (χ1) is 4.95. The molecule has 2 nitrogen and oxygen atoms in total. The summed E-state index contributed by atoms with van der Waals surface area (Å²) in [5.41, 5.74) is 0. The van der Waals surface area contributed by atoms with Crippen molar-refractivity contribution in [3.8, 4) is 0 Å². The molecule has 0 atom stereocenters. The molecule has 0 aliphatic carbocycles. The lowest BCUT2D eigenvalue weighted by Crippen LogP contribution is -2.26. The van der Waals surface area contributed by atoms with E-state index in [4.69, 9.17) is 4.74 Å². The highest BCUT2D eigenvalue weighted by Crippen LogP contribution is 2.16. The largest absolute Gasteiger partial charge is 0.454 e. The minimum atomic E-state index is -0.489. The van der Waals surface area contributed by atoms with Crippen molar-refractivity contribution in [1.29, 1.82) is 0 Å². The number of rotatable bonds is 3. The first-order valence-electron chi connectivity index (χ1n) is 3.84. The minimum Gasteiger partial charge on any atom is -0.454 e. The summed E-state index contributed by atoms with van der Waals surface area (Å²) in [6.45, 7) is 8.12. The Morgan fingerprint density at radius 1 is 1.18 bits per heavy atom. The van der Waals surface area contributed by atoms with Gasteiger partial charge in [-0.3, -0.25) is 0 Å². The number of hydrogen-bond donors (Lipinski definition) is 1. The SMILES string of the molecule is CC(C)C(OC(=O)S)C(C)C. The number of thiol groups is 1. The molecule has 0 amide bonds. The second-order valence-electron chi connectivity index (χ2n) is 3.34. The fourth-order valence-corrected chi connectivity index (χ4v) is 1.28. The van der Waals surface area contributed by atoms with E-state index in [0.717, 1.165) is 0 Å². The minimum absolute atomic E-state index is 0.0139. The fraction of sp³-hybridized carbons (Fsp3) is 0.875. The van der Waals surface area contributed by atoms with E-state index in [0.29, 0.717) is 11.8 Å². The van der Waals surface area contributed by atoms with E-state index in [1.54, 1.807) is 0 Å². The molecule has 11 heavy (non-hydrogen) atoms. The third kappa shape index (κ3) is 4.30. The maximum atomic E-state index is 10.5. The van der Waals surface area contributed by atoms with Gasteiger partial charge in [0, 0.05) is 0 Å². The molecule has 0 saturated carbocycles. The Balaban J connectivity index is 4.00. The number of ether oxygens (including phenoxy) is 1. The van der Waals surface area contributed by atoms with Gasteiger partial charge in [0.05, 0.1) is 0 Å². The Bertz CT molecular complexity index is 124. The first-order valence-corrected chi connectivity index (χ1v) is 4.29. The molecule has 0 saturated heterocycles. The van der Waals surface area contributed by atoms with Crippen molar-refractivity contribution >= 4 is 17.9 Å². The molecule has 3 heteroatoms. The van der Waals surface area contributed by atoms with E-state index < -0.39 is 5.30 Å². The maximum Gasteiger partial charge on any atom is 0.364 e. The van der Waals surface area contributed by atoms with Crippen molar-refractivity contribution in [3.63, 3.8) is 0 Å². The van der Waals surface area contributed by atoms with Crippen LogP contribution in [-0.4, -0.2) is 11.4 Å². The van der Waals surface area contributed by atoms with E-state index >= 15 is 0 Å². The van der Waals surface area contributed by atoms with E-state index in [1.807, 2.05) is 27.7 Å². The smallest absolute Gasteiger partial charge is 0.364 e. The fourth-order valence-electron chi connectivity index (χ4n) is 1.16. The summed E-state index contributed by atoms with van der Waals surface area (Å²) >= 11 is 3.57. The average molecular weight is 176 g/mol. The zero-order valence-corrected chi connectivity index (χ0v) is 8.39. The molecule has 0 aliphatic heterocycles. The van der Waals surface area contributed by atoms with Crippen LogP contribution in [-0.2, 0) is 4.74 Å². The molecule has 0 aliphatic rings. The Hall–Kier alpha value is -0.180. The van der Waals surface area contributed by atoms with Crippen molar-refractivity contribution in [2.45, 2.75) is 33.8 Å². The van der Waals surface area contributed by atoms with Crippen molar-refractivity contribution in [3.05, 3.63) is 0 Å². The Kier molecular flexibility index (Phi) is 4.57. The zero-order valence-electron chi connectivity index (χ0n) is 7.50. The number of carbonyl (C=O) groups excluding carboxylic acids is 1. The third-order valence-electron chi connectivity index (χ3n) is 1.55. The highest BCUT2D eigenvalue weighted by Gasteiger charge is 2.20. The summed E-state index contributed by atoms with van der Waals surface area (Å²) in [5.74, 6) is 0.706. The van der Waals surface area contributed by atoms with Crippen LogP contribution < -0.4 is 0 Å². The molecule has 0 N–H and O–H groups in total. The summed E-state index contributed by atoms with van der Waals surface area (Å²) in [6, 6.07) is 0. The molecule has 0 aromatic carbocycles. The topological polar surface area (TPSA) is 26.3 Å². The van der Waals surface area contributed by atoms with Crippen LogP contribution in [0.1, 0.15) is 27.7 Å². The highest BCUT2D eigenvalue weighted by atomic mass is 32.1. The standard InChI is InChI=1S/C8H16O2S/c1-5(2)7(6(3)4)10-8(9)11/h5-7H,1-4H3,(H,9,11). The molecular weight excluding hydrogens is 160 g/mol. The second-order valence-corrected chi connectivity index (χ2v) is 3.70. The summed E-state index contributed by atoms with van der Waals surface area (Å²) in [7, 11) is 0. The van der Waals surface area contributed by atoms with Crippen LogP contribution in [0.5, 0.6) is 0 Å². The average Bonchev–Trinajstić information content (AvgIpc) is 1.81. The lowest BCUT2D eigenvalue weighted by molar-refractivity contribution is 0.0606. The maximum absolute atomic E-state index is 10.5. The molecule has 0 unspecified atom stereocenters. The van der Waals surface area contributed by atoms with Gasteiger partial charge in [-0.2, -0.15) is 0 Å². The number of carbonyl (C=O) groups is 1. The Morgan fingerprint density at radius 2 is 1.55 bits per heavy atom. The van der Waals surface area contributed by atoms with Gasteiger partial charge in [0.2, 0.25) is 0 Å². The molecule has 0 bridgehead atoms. The second kappa shape index (κ2) is 4.65. The Labute approximate surface area is 73.7 Å². The third-order valence-corrected chi connectivity index (χ3v) is 1.66. The predicted octanol–water partition coefficient (Wildman–Crippen LogP) is 2.73. The molecule has 0 spiro atoms. The lowest BCUT2D eigenvalue weighted by Gasteiger charge is -2.23. The molecule has 0 heterocycles. The quantitative estimate of drug-likeness (QED) is 0.528. The van der Waals surface area contributed by atoms with E-state index in [9.17, 15) is 4.79 Å². The number of hydrogen-bond acceptors (Lipinski definition) is 2. The predicted molar refractivity (Wildman–Crippen MR) is 48.9 cm³/mol. The molecule has 0 aromatic rings. The monoisotopic (exact) mass is 176 g/mol. The van der Waals surface area contributed by atoms with Gasteiger partial charge in [-0.05, 0) is 11.8 Å². The summed E-state index contributed by atoms with van der Waals surface area (Å²) in [4.78, 5) is 10.5. The van der Waals surface area contributed by atoms with Crippen LogP contribution in [0.15, 0.2) is 0 Å². The first kappa shape index (κ1) is 10.8. The van der Waals surface area contributed by atoms with Crippen LogP contribution >= 0.6 is 12.6 Å². The lowest BCUT2D eigenvalue weighted by atomic mass is 9.96. The van der Waals surface area contributed by atoms with E-state index in [2.05, 4.69) is 12.6 Å². The summed E-state index contributed by atoms with van der Waals surface area (Å²) in [6.07, 6.45) is -0.0139. The van der Waals surface area contributed by atoms with Crippen molar-refractivity contribution in [1.82, 2.24) is 0 Å². The van der Waals surface area contributed by atoms with Crippen LogP contribution in [0.3, 0.4) is 0 Å². The molecule has 0 radical (unpaired) electrons. The van der Waals surface area contributed by atoms with Gasteiger partial charge >= 0.3 is 5.30 Å². The molecule has 0 aromatic heterocycles.